The SMILES string of the molecule is CCOC(=O)C(C1=Nc2ccccc2SC1)[N+](=O)[O-]. The molecule has 1 aromatic rings. The van der Waals surface area contributed by atoms with Gasteiger partial charge in [0.1, 0.15) is 5.71 Å². The predicted molar refractivity (Wildman–Crippen MR) is 71.7 cm³/mol. The molecule has 1 aliphatic rings. The highest BCUT2D eigenvalue weighted by Crippen LogP contribution is 2.34. The molecule has 0 aromatic heterocycles. The number of carbonyl (C=O) groups is 1. The lowest BCUT2D eigenvalue weighted by molar-refractivity contribution is -0.492. The summed E-state index contributed by atoms with van der Waals surface area (Å²) in [6.07, 6.45) is 0. The fourth-order valence-corrected chi connectivity index (χ4v) is 2.68. The minimum atomic E-state index is -1.51. The number of carbonyl (C=O) groups excluding carboxylic acids is 1. The van der Waals surface area contributed by atoms with Crippen LogP contribution < -0.4 is 0 Å². The number of rotatable bonds is 4. The summed E-state index contributed by atoms with van der Waals surface area (Å²) < 4.78 is 4.74. The molecule has 0 N–H and O–H groups in total. The second-order valence-electron chi connectivity index (χ2n) is 3.80. The van der Waals surface area contributed by atoms with Crippen LogP contribution in [0.25, 0.3) is 0 Å². The van der Waals surface area contributed by atoms with Gasteiger partial charge in [-0.3, -0.25) is 10.1 Å². The minimum absolute atomic E-state index is 0.111. The molecule has 1 unspecified atom stereocenters. The normalized spacial score (nSPS) is 15.1. The Morgan fingerprint density at radius 2 is 2.32 bits per heavy atom. The molecule has 0 amide bonds. The van der Waals surface area contributed by atoms with Crippen molar-refractivity contribution in [3.63, 3.8) is 0 Å². The number of thioether (sulfide) groups is 1. The zero-order valence-corrected chi connectivity index (χ0v) is 11.1. The average molecular weight is 280 g/mol. The minimum Gasteiger partial charge on any atom is -0.461 e. The van der Waals surface area contributed by atoms with Gasteiger partial charge in [-0.1, -0.05) is 12.1 Å². The van der Waals surface area contributed by atoms with E-state index in [0.717, 1.165) is 4.90 Å². The smallest absolute Gasteiger partial charge is 0.388 e. The molecular weight excluding hydrogens is 268 g/mol. The summed E-state index contributed by atoms with van der Waals surface area (Å²) in [5.41, 5.74) is 0.886. The van der Waals surface area contributed by atoms with Crippen LogP contribution in [-0.2, 0) is 9.53 Å². The molecule has 0 fully saturated rings. The largest absolute Gasteiger partial charge is 0.461 e. The lowest BCUT2D eigenvalue weighted by Crippen LogP contribution is -2.40. The van der Waals surface area contributed by atoms with E-state index >= 15 is 0 Å². The van der Waals surface area contributed by atoms with Crippen LogP contribution in [0.2, 0.25) is 0 Å². The van der Waals surface area contributed by atoms with Crippen LogP contribution in [0, 0.1) is 10.1 Å². The van der Waals surface area contributed by atoms with E-state index < -0.39 is 16.9 Å². The number of nitro groups is 1. The third kappa shape index (κ3) is 2.93. The van der Waals surface area contributed by atoms with Gasteiger partial charge >= 0.3 is 12.0 Å². The topological polar surface area (TPSA) is 81.8 Å². The van der Waals surface area contributed by atoms with Gasteiger partial charge in [0.05, 0.1) is 12.3 Å². The third-order valence-corrected chi connectivity index (χ3v) is 3.64. The first-order valence-electron chi connectivity index (χ1n) is 5.73. The number of benzene rings is 1. The summed E-state index contributed by atoms with van der Waals surface area (Å²) >= 11 is 1.44. The van der Waals surface area contributed by atoms with Gasteiger partial charge in [-0.2, -0.15) is 0 Å². The van der Waals surface area contributed by atoms with E-state index in [0.29, 0.717) is 11.4 Å². The monoisotopic (exact) mass is 280 g/mol. The summed E-state index contributed by atoms with van der Waals surface area (Å²) in [6, 6.07) is 5.83. The average Bonchev–Trinajstić information content (AvgIpc) is 2.38. The summed E-state index contributed by atoms with van der Waals surface area (Å²) in [5.74, 6) is -0.534. The maximum absolute atomic E-state index is 11.6. The lowest BCUT2D eigenvalue weighted by Gasteiger charge is -2.16. The fourth-order valence-electron chi connectivity index (χ4n) is 1.72. The number of ether oxygens (including phenoxy) is 1. The van der Waals surface area contributed by atoms with E-state index in [4.69, 9.17) is 4.74 Å². The number of nitrogens with zero attached hydrogens (tertiary/aromatic N) is 2. The summed E-state index contributed by atoms with van der Waals surface area (Å²) in [6.45, 7) is 1.72. The van der Waals surface area contributed by atoms with E-state index in [1.54, 1.807) is 19.1 Å². The predicted octanol–water partition coefficient (Wildman–Crippen LogP) is 2.07. The first-order valence-corrected chi connectivity index (χ1v) is 6.71. The quantitative estimate of drug-likeness (QED) is 0.479. The van der Waals surface area contributed by atoms with Gasteiger partial charge in [-0.15, -0.1) is 11.8 Å². The van der Waals surface area contributed by atoms with E-state index in [9.17, 15) is 14.9 Å². The van der Waals surface area contributed by atoms with Gasteiger partial charge in [-0.25, -0.2) is 9.79 Å². The van der Waals surface area contributed by atoms with Crippen LogP contribution in [0.1, 0.15) is 6.92 Å². The maximum Gasteiger partial charge on any atom is 0.388 e. The summed E-state index contributed by atoms with van der Waals surface area (Å²) in [7, 11) is 0. The van der Waals surface area contributed by atoms with Crippen LogP contribution >= 0.6 is 11.8 Å². The molecule has 0 bridgehead atoms. The van der Waals surface area contributed by atoms with Gasteiger partial charge in [0.25, 0.3) is 0 Å². The standard InChI is InChI=1S/C12H12N2O4S/c1-2-18-12(15)11(14(16)17)9-7-19-10-6-4-3-5-8(10)13-9/h3-6,11H,2,7H2,1H3. The van der Waals surface area contributed by atoms with Gasteiger partial charge < -0.3 is 4.74 Å². The number of aliphatic imine (C=N–C) groups is 1. The highest BCUT2D eigenvalue weighted by molar-refractivity contribution is 8.00. The maximum atomic E-state index is 11.6. The Balaban J connectivity index is 2.32. The van der Waals surface area contributed by atoms with E-state index in [1.165, 1.54) is 11.8 Å². The third-order valence-electron chi connectivity index (χ3n) is 2.54. The van der Waals surface area contributed by atoms with Gasteiger partial charge in [-0.05, 0) is 19.1 Å². The van der Waals surface area contributed by atoms with Crippen molar-refractivity contribution in [3.05, 3.63) is 34.4 Å². The van der Waals surface area contributed by atoms with E-state index in [2.05, 4.69) is 4.99 Å². The Morgan fingerprint density at radius 1 is 1.58 bits per heavy atom. The zero-order chi connectivity index (χ0) is 13.8. The van der Waals surface area contributed by atoms with Crippen LogP contribution in [-0.4, -0.2) is 35.0 Å². The molecule has 0 spiro atoms. The zero-order valence-electron chi connectivity index (χ0n) is 10.2. The molecule has 1 aromatic carbocycles. The van der Waals surface area contributed by atoms with Gasteiger partial charge in [0.2, 0.25) is 0 Å². The number of hydrogen-bond donors (Lipinski definition) is 0. The fraction of sp³-hybridized carbons (Fsp3) is 0.333. The Labute approximate surface area is 114 Å². The molecule has 6 nitrogen and oxygen atoms in total. The molecule has 1 aliphatic heterocycles. The molecule has 2 rings (SSSR count). The van der Waals surface area contributed by atoms with Crippen molar-refractivity contribution in [2.75, 3.05) is 12.4 Å². The molecule has 1 atom stereocenters. The molecule has 19 heavy (non-hydrogen) atoms. The molecular formula is C12H12N2O4S. The van der Waals surface area contributed by atoms with Gasteiger partial charge in [0.15, 0.2) is 0 Å². The van der Waals surface area contributed by atoms with Crippen molar-refractivity contribution < 1.29 is 14.5 Å². The van der Waals surface area contributed by atoms with Crippen molar-refractivity contribution in [1.82, 2.24) is 0 Å². The number of hydrogen-bond acceptors (Lipinski definition) is 6. The van der Waals surface area contributed by atoms with Crippen LogP contribution in [0.3, 0.4) is 0 Å². The van der Waals surface area contributed by atoms with Crippen LogP contribution in [0.4, 0.5) is 5.69 Å². The molecule has 100 valence electrons. The highest BCUT2D eigenvalue weighted by atomic mass is 32.2. The number of esters is 1. The van der Waals surface area contributed by atoms with Crippen LogP contribution in [0.5, 0.6) is 0 Å². The number of para-hydroxylation sites is 1. The summed E-state index contributed by atoms with van der Waals surface area (Å²) in [5, 5.41) is 11.0. The summed E-state index contributed by atoms with van der Waals surface area (Å²) in [4.78, 5) is 27.2. The van der Waals surface area contributed by atoms with Crippen molar-refractivity contribution in [1.29, 1.82) is 0 Å². The first kappa shape index (κ1) is 13.5. The molecule has 7 heteroatoms. The van der Waals surface area contributed by atoms with Gasteiger partial charge in [0, 0.05) is 15.6 Å². The second kappa shape index (κ2) is 5.83. The van der Waals surface area contributed by atoms with Crippen molar-refractivity contribution in [2.24, 2.45) is 4.99 Å². The Hall–Kier alpha value is -1.89. The molecule has 0 aliphatic carbocycles. The van der Waals surface area contributed by atoms with Crippen molar-refractivity contribution >= 4 is 29.1 Å². The lowest BCUT2D eigenvalue weighted by atomic mass is 10.2. The second-order valence-corrected chi connectivity index (χ2v) is 4.82. The van der Waals surface area contributed by atoms with E-state index in [-0.39, 0.29) is 12.3 Å². The Morgan fingerprint density at radius 3 is 3.00 bits per heavy atom. The van der Waals surface area contributed by atoms with Crippen molar-refractivity contribution in [2.45, 2.75) is 17.9 Å². The number of fused-ring (bicyclic) bond motifs is 1. The highest BCUT2D eigenvalue weighted by Gasteiger charge is 2.38. The van der Waals surface area contributed by atoms with Crippen molar-refractivity contribution in [3.8, 4) is 0 Å². The van der Waals surface area contributed by atoms with E-state index in [1.807, 2.05) is 12.1 Å². The Kier molecular flexibility index (Phi) is 4.16. The first-order chi connectivity index (χ1) is 9.13. The molecule has 0 saturated heterocycles. The molecule has 1 heterocycles. The molecule has 0 radical (unpaired) electrons. The Bertz CT molecular complexity index is 544. The molecule has 0 saturated carbocycles. The van der Waals surface area contributed by atoms with Crippen LogP contribution in [0.15, 0.2) is 34.2 Å².